The highest BCUT2D eigenvalue weighted by Crippen LogP contribution is 2.35. The quantitative estimate of drug-likeness (QED) is 0.826. The number of benzene rings is 1. The molecule has 0 saturated carbocycles. The van der Waals surface area contributed by atoms with Crippen LogP contribution < -0.4 is 5.32 Å². The van der Waals surface area contributed by atoms with Crippen molar-refractivity contribution in [1.82, 2.24) is 5.32 Å². The zero-order valence-corrected chi connectivity index (χ0v) is 13.1. The summed E-state index contributed by atoms with van der Waals surface area (Å²) in [6, 6.07) is 1.36. The van der Waals surface area contributed by atoms with E-state index in [-0.39, 0.29) is 18.2 Å². The predicted octanol–water partition coefficient (Wildman–Crippen LogP) is 4.12. The molecule has 2 aromatic rings. The smallest absolute Gasteiger partial charge is 0.201 e. The molecule has 0 bridgehead atoms. The Bertz CT molecular complexity index is 625. The summed E-state index contributed by atoms with van der Waals surface area (Å²) in [6.07, 6.45) is 0. The first kappa shape index (κ1) is 15.4. The molecule has 0 atom stereocenters. The fourth-order valence-corrected chi connectivity index (χ4v) is 2.63. The Morgan fingerprint density at radius 3 is 2.70 bits per heavy atom. The van der Waals surface area contributed by atoms with E-state index in [1.165, 1.54) is 0 Å². The number of nitrogens with one attached hydrogen (secondary N) is 1. The lowest BCUT2D eigenvalue weighted by Crippen LogP contribution is -2.22. The topological polar surface area (TPSA) is 34.4 Å². The van der Waals surface area contributed by atoms with Gasteiger partial charge in [-0.2, -0.15) is 4.39 Å². The molecule has 1 aromatic carbocycles. The average Bonchev–Trinajstić information content (AvgIpc) is 2.74. The van der Waals surface area contributed by atoms with Gasteiger partial charge in [0.25, 0.3) is 0 Å². The van der Waals surface area contributed by atoms with Crippen LogP contribution in [0.4, 0.5) is 8.78 Å². The first-order chi connectivity index (χ1) is 9.45. The summed E-state index contributed by atoms with van der Waals surface area (Å²) in [5.41, 5.74) is 0.644. The van der Waals surface area contributed by atoms with Crippen molar-refractivity contribution < 1.29 is 17.9 Å². The number of furan rings is 1. The van der Waals surface area contributed by atoms with Gasteiger partial charge in [0.1, 0.15) is 5.76 Å². The molecular weight excluding hydrogens is 332 g/mol. The summed E-state index contributed by atoms with van der Waals surface area (Å²) in [5, 5.41) is 3.71. The van der Waals surface area contributed by atoms with Gasteiger partial charge in [0, 0.05) is 28.6 Å². The Morgan fingerprint density at radius 1 is 1.40 bits per heavy atom. The maximum atomic E-state index is 13.9. The van der Waals surface area contributed by atoms with Crippen LogP contribution in [0.2, 0.25) is 0 Å². The maximum Gasteiger partial charge on any atom is 0.201 e. The van der Waals surface area contributed by atoms with Crippen molar-refractivity contribution in [2.45, 2.75) is 33.0 Å². The van der Waals surface area contributed by atoms with Crippen molar-refractivity contribution in [3.63, 3.8) is 0 Å². The third kappa shape index (κ3) is 2.87. The summed E-state index contributed by atoms with van der Waals surface area (Å²) in [5.74, 6) is -1.36. The third-order valence-electron chi connectivity index (χ3n) is 2.95. The highest BCUT2D eigenvalue weighted by molar-refractivity contribution is 9.10. The molecule has 1 heterocycles. The van der Waals surface area contributed by atoms with Crippen LogP contribution >= 0.6 is 15.9 Å². The van der Waals surface area contributed by atoms with E-state index in [2.05, 4.69) is 21.2 Å². The molecular formula is C14H16BrF2NO2. The van der Waals surface area contributed by atoms with E-state index in [4.69, 9.17) is 9.15 Å². The molecule has 2 rings (SSSR count). The Balaban J connectivity index is 2.59. The molecule has 1 aromatic heterocycles. The van der Waals surface area contributed by atoms with Crippen LogP contribution in [-0.4, -0.2) is 13.2 Å². The molecule has 1 N–H and O–H groups in total. The van der Waals surface area contributed by atoms with Gasteiger partial charge in [0.05, 0.1) is 13.2 Å². The van der Waals surface area contributed by atoms with Gasteiger partial charge in [-0.1, -0.05) is 13.8 Å². The van der Waals surface area contributed by atoms with E-state index in [0.29, 0.717) is 22.2 Å². The highest BCUT2D eigenvalue weighted by atomic mass is 79.9. The maximum absolute atomic E-state index is 13.9. The van der Waals surface area contributed by atoms with E-state index < -0.39 is 11.6 Å². The lowest BCUT2D eigenvalue weighted by atomic mass is 10.1. The van der Waals surface area contributed by atoms with Crippen molar-refractivity contribution in [3.05, 3.63) is 33.5 Å². The van der Waals surface area contributed by atoms with Crippen LogP contribution in [0.25, 0.3) is 11.0 Å². The van der Waals surface area contributed by atoms with Gasteiger partial charge in [0.15, 0.2) is 11.4 Å². The largest absolute Gasteiger partial charge is 0.456 e. The number of hydrogen-bond donors (Lipinski definition) is 1. The van der Waals surface area contributed by atoms with Gasteiger partial charge in [0.2, 0.25) is 5.82 Å². The lowest BCUT2D eigenvalue weighted by molar-refractivity contribution is 0.183. The van der Waals surface area contributed by atoms with Crippen LogP contribution in [0.1, 0.15) is 25.2 Å². The van der Waals surface area contributed by atoms with E-state index in [1.54, 1.807) is 7.11 Å². The summed E-state index contributed by atoms with van der Waals surface area (Å²) in [4.78, 5) is 0. The van der Waals surface area contributed by atoms with Crippen molar-refractivity contribution in [3.8, 4) is 0 Å². The zero-order valence-electron chi connectivity index (χ0n) is 11.5. The summed E-state index contributed by atoms with van der Waals surface area (Å²) < 4.78 is 38.4. The molecule has 0 saturated heterocycles. The van der Waals surface area contributed by atoms with Crippen molar-refractivity contribution >= 4 is 26.9 Å². The minimum atomic E-state index is -0.976. The van der Waals surface area contributed by atoms with E-state index in [9.17, 15) is 8.78 Å². The molecule has 0 unspecified atom stereocenters. The van der Waals surface area contributed by atoms with Crippen LogP contribution in [0.15, 0.2) is 15.0 Å². The average molecular weight is 348 g/mol. The summed E-state index contributed by atoms with van der Waals surface area (Å²) in [7, 11) is 1.55. The van der Waals surface area contributed by atoms with Crippen LogP contribution in [0.3, 0.4) is 0 Å². The Labute approximate surface area is 124 Å². The predicted molar refractivity (Wildman–Crippen MR) is 76.5 cm³/mol. The first-order valence-electron chi connectivity index (χ1n) is 6.25. The number of halogens is 3. The molecule has 0 aliphatic rings. The van der Waals surface area contributed by atoms with Crippen molar-refractivity contribution in [2.75, 3.05) is 7.11 Å². The highest BCUT2D eigenvalue weighted by Gasteiger charge is 2.22. The molecule has 20 heavy (non-hydrogen) atoms. The van der Waals surface area contributed by atoms with Gasteiger partial charge in [-0.05, 0) is 22.0 Å². The van der Waals surface area contributed by atoms with Gasteiger partial charge in [-0.15, -0.1) is 0 Å². The number of methoxy groups -OCH3 is 1. The fourth-order valence-electron chi connectivity index (χ4n) is 2.01. The van der Waals surface area contributed by atoms with E-state index >= 15 is 0 Å². The third-order valence-corrected chi connectivity index (χ3v) is 3.58. The van der Waals surface area contributed by atoms with Crippen molar-refractivity contribution in [2.24, 2.45) is 0 Å². The van der Waals surface area contributed by atoms with E-state index in [0.717, 1.165) is 11.6 Å². The molecule has 0 aliphatic heterocycles. The fraction of sp³-hybridized carbons (Fsp3) is 0.429. The Kier molecular flexibility index (Phi) is 4.78. The number of ether oxygens (including phenoxy) is 1. The molecule has 0 fully saturated rings. The molecule has 3 nitrogen and oxygen atoms in total. The van der Waals surface area contributed by atoms with Crippen LogP contribution in [0, 0.1) is 11.6 Å². The first-order valence-corrected chi connectivity index (χ1v) is 7.05. The molecule has 0 aliphatic carbocycles. The second-order valence-electron chi connectivity index (χ2n) is 4.83. The lowest BCUT2D eigenvalue weighted by Gasteiger charge is -2.07. The minimum absolute atomic E-state index is 0.0792. The second-order valence-corrected chi connectivity index (χ2v) is 5.69. The Morgan fingerprint density at radius 2 is 2.10 bits per heavy atom. The summed E-state index contributed by atoms with van der Waals surface area (Å²) >= 11 is 3.25. The monoisotopic (exact) mass is 347 g/mol. The number of fused-ring (bicyclic) bond motifs is 1. The number of hydrogen-bond acceptors (Lipinski definition) is 3. The van der Waals surface area contributed by atoms with Gasteiger partial charge < -0.3 is 14.5 Å². The minimum Gasteiger partial charge on any atom is -0.456 e. The van der Waals surface area contributed by atoms with E-state index in [1.807, 2.05) is 13.8 Å². The molecule has 0 spiro atoms. The second kappa shape index (κ2) is 6.20. The van der Waals surface area contributed by atoms with Gasteiger partial charge >= 0.3 is 0 Å². The molecule has 0 radical (unpaired) electrons. The van der Waals surface area contributed by atoms with Gasteiger partial charge in [-0.25, -0.2) is 4.39 Å². The van der Waals surface area contributed by atoms with Crippen LogP contribution in [0.5, 0.6) is 0 Å². The van der Waals surface area contributed by atoms with Crippen molar-refractivity contribution in [1.29, 1.82) is 0 Å². The Hall–Kier alpha value is -0.980. The number of rotatable bonds is 5. The zero-order chi connectivity index (χ0) is 14.9. The normalized spacial score (nSPS) is 11.8. The molecule has 6 heteroatoms. The molecule has 0 amide bonds. The van der Waals surface area contributed by atoms with Crippen LogP contribution in [-0.2, 0) is 17.9 Å². The molecule has 110 valence electrons. The SMILES string of the molecule is COCc1c(CNC(C)C)oc2c(F)c(F)cc(Br)c12. The standard InChI is InChI=1S/C14H16BrF2NO2/c1-7(2)18-5-11-8(6-19-3)12-9(15)4-10(16)13(17)14(12)20-11/h4,7,18H,5-6H2,1-3H3. The summed E-state index contributed by atoms with van der Waals surface area (Å²) in [6.45, 7) is 4.69. The van der Waals surface area contributed by atoms with Gasteiger partial charge in [-0.3, -0.25) is 0 Å².